The molecular formula is C13H17NO3. The van der Waals surface area contributed by atoms with Crippen LogP contribution in [0.1, 0.15) is 24.9 Å². The maximum Gasteiger partial charge on any atom is 0.161 e. The number of carbonyl (C=O) groups excluding carboxylic acids is 1. The standard InChI is InChI=1S/C13H17NO3/c1-9(15)7-11(14-2)10-3-4-12-13(8-10)17-6-5-16-12/h3-4,8,11,14H,5-7H2,1-2H3. The molecule has 1 N–H and O–H groups in total. The Balaban J connectivity index is 2.22. The highest BCUT2D eigenvalue weighted by Gasteiger charge is 2.16. The van der Waals surface area contributed by atoms with Gasteiger partial charge < -0.3 is 14.8 Å². The van der Waals surface area contributed by atoms with Crippen molar-refractivity contribution < 1.29 is 14.3 Å². The first kappa shape index (κ1) is 11.9. The van der Waals surface area contributed by atoms with Crippen LogP contribution in [0.25, 0.3) is 0 Å². The topological polar surface area (TPSA) is 47.6 Å². The summed E-state index contributed by atoms with van der Waals surface area (Å²) < 4.78 is 11.0. The van der Waals surface area contributed by atoms with E-state index in [0.29, 0.717) is 19.6 Å². The number of rotatable bonds is 4. The van der Waals surface area contributed by atoms with E-state index in [-0.39, 0.29) is 11.8 Å². The van der Waals surface area contributed by atoms with Crippen LogP contribution in [-0.4, -0.2) is 26.0 Å². The molecule has 0 bridgehead atoms. The van der Waals surface area contributed by atoms with Crippen molar-refractivity contribution >= 4 is 5.78 Å². The summed E-state index contributed by atoms with van der Waals surface area (Å²) in [4.78, 5) is 11.2. The summed E-state index contributed by atoms with van der Waals surface area (Å²) in [7, 11) is 1.85. The van der Waals surface area contributed by atoms with E-state index in [1.807, 2.05) is 25.2 Å². The number of hydrogen-bond acceptors (Lipinski definition) is 4. The Kier molecular flexibility index (Phi) is 3.64. The predicted octanol–water partition coefficient (Wildman–Crippen LogP) is 1.70. The highest BCUT2D eigenvalue weighted by Crippen LogP contribution is 2.33. The minimum atomic E-state index is 0.0309. The van der Waals surface area contributed by atoms with E-state index < -0.39 is 0 Å². The first-order chi connectivity index (χ1) is 8.20. The Labute approximate surface area is 101 Å². The SMILES string of the molecule is CNC(CC(C)=O)c1ccc2c(c1)OCCO2. The molecule has 4 nitrogen and oxygen atoms in total. The van der Waals surface area contributed by atoms with Crippen LogP contribution < -0.4 is 14.8 Å². The summed E-state index contributed by atoms with van der Waals surface area (Å²) in [6, 6.07) is 5.84. The Bertz CT molecular complexity index is 417. The molecule has 0 saturated heterocycles. The number of fused-ring (bicyclic) bond motifs is 1. The molecule has 1 heterocycles. The van der Waals surface area contributed by atoms with Gasteiger partial charge in [-0.1, -0.05) is 6.07 Å². The molecule has 0 radical (unpaired) electrons. The molecule has 0 amide bonds. The van der Waals surface area contributed by atoms with Gasteiger partial charge in [-0.3, -0.25) is 4.79 Å². The zero-order chi connectivity index (χ0) is 12.3. The fraction of sp³-hybridized carbons (Fsp3) is 0.462. The Hall–Kier alpha value is -1.55. The van der Waals surface area contributed by atoms with Crippen molar-refractivity contribution in [3.05, 3.63) is 23.8 Å². The molecule has 1 aromatic rings. The molecule has 0 fully saturated rings. The lowest BCUT2D eigenvalue weighted by atomic mass is 10.0. The first-order valence-corrected chi connectivity index (χ1v) is 5.77. The monoisotopic (exact) mass is 235 g/mol. The highest BCUT2D eigenvalue weighted by atomic mass is 16.6. The second-order valence-corrected chi connectivity index (χ2v) is 4.15. The van der Waals surface area contributed by atoms with Crippen molar-refractivity contribution in [2.45, 2.75) is 19.4 Å². The van der Waals surface area contributed by atoms with E-state index in [2.05, 4.69) is 5.32 Å². The van der Waals surface area contributed by atoms with Crippen molar-refractivity contribution in [1.29, 1.82) is 0 Å². The summed E-state index contributed by atoms with van der Waals surface area (Å²) in [5.41, 5.74) is 1.05. The molecule has 0 saturated carbocycles. The fourth-order valence-electron chi connectivity index (χ4n) is 1.95. The third-order valence-corrected chi connectivity index (χ3v) is 2.81. The number of Topliss-reactive ketones (excluding diaryl/α,β-unsaturated/α-hetero) is 1. The van der Waals surface area contributed by atoms with Crippen LogP contribution in [0.5, 0.6) is 11.5 Å². The van der Waals surface area contributed by atoms with E-state index in [1.165, 1.54) is 0 Å². The molecule has 0 spiro atoms. The molecular weight excluding hydrogens is 218 g/mol. The maximum absolute atomic E-state index is 11.2. The van der Waals surface area contributed by atoms with Crippen molar-refractivity contribution in [2.24, 2.45) is 0 Å². The van der Waals surface area contributed by atoms with Gasteiger partial charge >= 0.3 is 0 Å². The molecule has 0 aliphatic carbocycles. The quantitative estimate of drug-likeness (QED) is 0.862. The number of hydrogen-bond donors (Lipinski definition) is 1. The summed E-state index contributed by atoms with van der Waals surface area (Å²) >= 11 is 0. The molecule has 1 aliphatic heterocycles. The molecule has 1 aromatic carbocycles. The Morgan fingerprint density at radius 2 is 2.06 bits per heavy atom. The van der Waals surface area contributed by atoms with Crippen LogP contribution in [0, 0.1) is 0 Å². The van der Waals surface area contributed by atoms with Gasteiger partial charge in [-0.15, -0.1) is 0 Å². The van der Waals surface area contributed by atoms with Gasteiger partial charge in [0.25, 0.3) is 0 Å². The average Bonchev–Trinajstić information content (AvgIpc) is 2.35. The number of ketones is 1. The zero-order valence-electron chi connectivity index (χ0n) is 10.2. The third-order valence-electron chi connectivity index (χ3n) is 2.81. The van der Waals surface area contributed by atoms with E-state index in [9.17, 15) is 4.79 Å². The van der Waals surface area contributed by atoms with E-state index >= 15 is 0 Å². The van der Waals surface area contributed by atoms with Crippen LogP contribution in [0.2, 0.25) is 0 Å². The van der Waals surface area contributed by atoms with Crippen molar-refractivity contribution in [3.63, 3.8) is 0 Å². The Morgan fingerprint density at radius 3 is 2.71 bits per heavy atom. The van der Waals surface area contributed by atoms with Gasteiger partial charge in [0, 0.05) is 12.5 Å². The normalized spacial score (nSPS) is 15.4. The number of benzene rings is 1. The van der Waals surface area contributed by atoms with Gasteiger partial charge in [0.15, 0.2) is 11.5 Å². The number of ether oxygens (including phenoxy) is 2. The minimum Gasteiger partial charge on any atom is -0.486 e. The van der Waals surface area contributed by atoms with Crippen molar-refractivity contribution in [1.82, 2.24) is 5.32 Å². The first-order valence-electron chi connectivity index (χ1n) is 5.77. The van der Waals surface area contributed by atoms with Crippen molar-refractivity contribution in [2.75, 3.05) is 20.3 Å². The second kappa shape index (κ2) is 5.19. The van der Waals surface area contributed by atoms with Gasteiger partial charge in [-0.05, 0) is 31.7 Å². The van der Waals surface area contributed by atoms with Crippen LogP contribution in [0.4, 0.5) is 0 Å². The molecule has 2 rings (SSSR count). The predicted molar refractivity (Wildman–Crippen MR) is 64.5 cm³/mol. The summed E-state index contributed by atoms with van der Waals surface area (Å²) in [6.45, 7) is 2.77. The van der Waals surface area contributed by atoms with Gasteiger partial charge in [-0.25, -0.2) is 0 Å². The van der Waals surface area contributed by atoms with Crippen LogP contribution in [0.15, 0.2) is 18.2 Å². The van der Waals surface area contributed by atoms with Gasteiger partial charge in [0.05, 0.1) is 0 Å². The van der Waals surface area contributed by atoms with Gasteiger partial charge in [0.1, 0.15) is 19.0 Å². The lowest BCUT2D eigenvalue weighted by Gasteiger charge is -2.21. The van der Waals surface area contributed by atoms with Crippen LogP contribution in [0.3, 0.4) is 0 Å². The molecule has 92 valence electrons. The van der Waals surface area contributed by atoms with Gasteiger partial charge in [0.2, 0.25) is 0 Å². The van der Waals surface area contributed by atoms with E-state index in [4.69, 9.17) is 9.47 Å². The fourth-order valence-corrected chi connectivity index (χ4v) is 1.95. The lowest BCUT2D eigenvalue weighted by Crippen LogP contribution is -2.20. The highest BCUT2D eigenvalue weighted by molar-refractivity contribution is 5.76. The summed E-state index contributed by atoms with van der Waals surface area (Å²) in [6.07, 6.45) is 0.482. The number of carbonyl (C=O) groups is 1. The zero-order valence-corrected chi connectivity index (χ0v) is 10.2. The van der Waals surface area contributed by atoms with Crippen LogP contribution >= 0.6 is 0 Å². The average molecular weight is 235 g/mol. The number of nitrogens with one attached hydrogen (secondary N) is 1. The second-order valence-electron chi connectivity index (χ2n) is 4.15. The Morgan fingerprint density at radius 1 is 1.35 bits per heavy atom. The third kappa shape index (κ3) is 2.77. The summed E-state index contributed by atoms with van der Waals surface area (Å²) in [5, 5.41) is 3.14. The molecule has 17 heavy (non-hydrogen) atoms. The minimum absolute atomic E-state index is 0.0309. The molecule has 1 unspecified atom stereocenters. The van der Waals surface area contributed by atoms with E-state index in [1.54, 1.807) is 6.92 Å². The maximum atomic E-state index is 11.2. The summed E-state index contributed by atoms with van der Waals surface area (Å²) in [5.74, 6) is 1.70. The molecule has 1 atom stereocenters. The molecule has 4 heteroatoms. The van der Waals surface area contributed by atoms with Crippen molar-refractivity contribution in [3.8, 4) is 11.5 Å². The molecule has 1 aliphatic rings. The molecule has 0 aromatic heterocycles. The smallest absolute Gasteiger partial charge is 0.161 e. The van der Waals surface area contributed by atoms with Crippen LogP contribution in [-0.2, 0) is 4.79 Å². The largest absolute Gasteiger partial charge is 0.486 e. The van der Waals surface area contributed by atoms with E-state index in [0.717, 1.165) is 17.1 Å². The van der Waals surface area contributed by atoms with Gasteiger partial charge in [-0.2, -0.15) is 0 Å². The lowest BCUT2D eigenvalue weighted by molar-refractivity contribution is -0.117.